The van der Waals surface area contributed by atoms with Gasteiger partial charge in [-0.25, -0.2) is 4.79 Å². The van der Waals surface area contributed by atoms with E-state index >= 15 is 0 Å². The molecular weight excluding hydrogens is 412 g/mol. The predicted molar refractivity (Wildman–Crippen MR) is 103 cm³/mol. The molecule has 3 N–H and O–H groups in total. The molecular formula is C18H14CaN2O6S. The number of nitrogens with zero attached hydrogens (tertiary/aromatic N) is 2. The van der Waals surface area contributed by atoms with Crippen molar-refractivity contribution in [2.75, 3.05) is 0 Å². The maximum Gasteiger partial charge on any atom is 0.339 e. The summed E-state index contributed by atoms with van der Waals surface area (Å²) in [6.45, 7) is 1.64. The number of hydrogen-bond acceptors (Lipinski definition) is 6. The molecule has 0 unspecified atom stereocenters. The van der Waals surface area contributed by atoms with E-state index in [0.29, 0.717) is 16.3 Å². The molecule has 0 heterocycles. The van der Waals surface area contributed by atoms with Gasteiger partial charge in [0.15, 0.2) is 5.75 Å². The van der Waals surface area contributed by atoms with Crippen molar-refractivity contribution >= 4 is 76.0 Å². The van der Waals surface area contributed by atoms with E-state index < -0.39 is 26.7 Å². The van der Waals surface area contributed by atoms with Gasteiger partial charge in [-0.1, -0.05) is 30.3 Å². The van der Waals surface area contributed by atoms with Gasteiger partial charge in [-0.05, 0) is 36.1 Å². The second-order valence-corrected chi connectivity index (χ2v) is 7.18. The van der Waals surface area contributed by atoms with Crippen LogP contribution in [0, 0.1) is 6.92 Å². The number of aromatic hydroxyl groups is 1. The number of aryl methyl sites for hydroxylation is 1. The Morgan fingerprint density at radius 2 is 1.71 bits per heavy atom. The fraction of sp³-hybridized carbons (Fsp3) is 0.0556. The number of carbonyl (C=O) groups is 1. The minimum atomic E-state index is -4.54. The molecule has 0 saturated heterocycles. The molecule has 0 fully saturated rings. The van der Waals surface area contributed by atoms with Gasteiger partial charge in [0.05, 0.1) is 0 Å². The minimum absolute atomic E-state index is 0. The van der Waals surface area contributed by atoms with Gasteiger partial charge in [0, 0.05) is 43.1 Å². The third kappa shape index (κ3) is 4.50. The number of carboxylic acids is 1. The van der Waals surface area contributed by atoms with Crippen molar-refractivity contribution in [2.45, 2.75) is 11.8 Å². The molecule has 3 aromatic rings. The first kappa shape index (κ1) is 22.3. The third-order valence-corrected chi connectivity index (χ3v) is 4.76. The Kier molecular flexibility index (Phi) is 6.79. The van der Waals surface area contributed by atoms with Crippen LogP contribution in [0.3, 0.4) is 0 Å². The molecule has 0 spiro atoms. The Balaban J connectivity index is 0.00000280. The second kappa shape index (κ2) is 8.54. The molecule has 0 aromatic heterocycles. The van der Waals surface area contributed by atoms with Crippen molar-refractivity contribution < 1.29 is 28.0 Å². The molecule has 28 heavy (non-hydrogen) atoms. The average molecular weight is 426 g/mol. The van der Waals surface area contributed by atoms with Crippen LogP contribution in [-0.4, -0.2) is 66.9 Å². The Hall–Kier alpha value is -2.04. The van der Waals surface area contributed by atoms with Crippen LogP contribution in [0.5, 0.6) is 5.75 Å². The molecule has 0 atom stereocenters. The van der Waals surface area contributed by atoms with Gasteiger partial charge in [-0.2, -0.15) is 8.42 Å². The SMILES string of the molecule is Cc1ccc(N=Nc2c(O)c(C(=O)O)cc3ccccc23)c(S(=O)(=O)O)c1.[Ca]. The van der Waals surface area contributed by atoms with E-state index in [9.17, 15) is 28.0 Å². The molecule has 2 radical (unpaired) electrons. The number of hydrogen-bond donors (Lipinski definition) is 3. The number of fused-ring (bicyclic) bond motifs is 1. The first-order chi connectivity index (χ1) is 12.7. The molecule has 3 aromatic carbocycles. The number of azo groups is 1. The maximum absolute atomic E-state index is 11.6. The normalized spacial score (nSPS) is 11.5. The second-order valence-electron chi connectivity index (χ2n) is 5.79. The zero-order chi connectivity index (χ0) is 19.8. The van der Waals surface area contributed by atoms with Crippen molar-refractivity contribution in [3.8, 4) is 5.75 Å². The van der Waals surface area contributed by atoms with Crippen molar-refractivity contribution in [2.24, 2.45) is 10.2 Å². The Morgan fingerprint density at radius 3 is 2.36 bits per heavy atom. The summed E-state index contributed by atoms with van der Waals surface area (Å²) < 4.78 is 32.5. The van der Waals surface area contributed by atoms with E-state index in [1.165, 1.54) is 18.2 Å². The first-order valence-electron chi connectivity index (χ1n) is 7.66. The molecule has 0 aliphatic rings. The summed E-state index contributed by atoms with van der Waals surface area (Å²) in [5.41, 5.74) is -0.0380. The summed E-state index contributed by atoms with van der Waals surface area (Å²) in [6.07, 6.45) is 0. The molecule has 0 saturated carbocycles. The van der Waals surface area contributed by atoms with Gasteiger partial charge in [0.25, 0.3) is 10.1 Å². The zero-order valence-corrected chi connectivity index (χ0v) is 17.7. The summed E-state index contributed by atoms with van der Waals surface area (Å²) in [5.74, 6) is -1.94. The van der Waals surface area contributed by atoms with Crippen LogP contribution in [0.25, 0.3) is 10.8 Å². The van der Waals surface area contributed by atoms with Gasteiger partial charge in [0.1, 0.15) is 21.8 Å². The first-order valence-corrected chi connectivity index (χ1v) is 9.10. The third-order valence-electron chi connectivity index (χ3n) is 3.88. The van der Waals surface area contributed by atoms with Crippen LogP contribution in [0.15, 0.2) is 63.7 Å². The van der Waals surface area contributed by atoms with Gasteiger partial charge in [-0.3, -0.25) is 4.55 Å². The smallest absolute Gasteiger partial charge is 0.339 e. The number of phenols is 1. The van der Waals surface area contributed by atoms with Crippen LogP contribution in [0.1, 0.15) is 15.9 Å². The molecule has 0 bridgehead atoms. The summed E-state index contributed by atoms with van der Waals surface area (Å²) >= 11 is 0. The maximum atomic E-state index is 11.6. The molecule has 140 valence electrons. The van der Waals surface area contributed by atoms with Gasteiger partial charge in [0.2, 0.25) is 0 Å². The largest absolute Gasteiger partial charge is 0.505 e. The number of carboxylic acid groups (broad SMARTS) is 1. The number of aromatic carboxylic acids is 1. The van der Waals surface area contributed by atoms with Crippen LogP contribution in [-0.2, 0) is 10.1 Å². The molecule has 3 rings (SSSR count). The van der Waals surface area contributed by atoms with E-state index in [2.05, 4.69) is 10.2 Å². The van der Waals surface area contributed by atoms with E-state index in [4.69, 9.17) is 0 Å². The molecule has 10 heteroatoms. The fourth-order valence-corrected chi connectivity index (χ4v) is 3.30. The Labute approximate surface area is 190 Å². The van der Waals surface area contributed by atoms with Gasteiger partial charge in [-0.15, -0.1) is 10.2 Å². The van der Waals surface area contributed by atoms with E-state index in [-0.39, 0.29) is 54.7 Å². The Morgan fingerprint density at radius 1 is 1.04 bits per heavy atom. The monoisotopic (exact) mass is 426 g/mol. The van der Waals surface area contributed by atoms with Gasteiger partial charge < -0.3 is 10.2 Å². The average Bonchev–Trinajstić information content (AvgIpc) is 2.60. The summed E-state index contributed by atoms with van der Waals surface area (Å²) in [4.78, 5) is 10.9. The topological polar surface area (TPSA) is 137 Å². The van der Waals surface area contributed by atoms with Crippen molar-refractivity contribution in [1.29, 1.82) is 0 Å². The van der Waals surface area contributed by atoms with Crippen LogP contribution in [0.4, 0.5) is 11.4 Å². The summed E-state index contributed by atoms with van der Waals surface area (Å²) in [7, 11) is -4.54. The molecule has 0 aliphatic carbocycles. The standard InChI is InChI=1S/C18H14N2O6S.Ca/c1-10-6-7-14(15(8-10)27(24,25)26)19-20-16-12-5-3-2-4-11(12)9-13(17(16)21)18(22)23;/h2-9,21H,1H3,(H,22,23)(H,24,25,26);. The summed E-state index contributed by atoms with van der Waals surface area (Å²) in [5, 5.41) is 28.2. The fourth-order valence-electron chi connectivity index (χ4n) is 2.60. The van der Waals surface area contributed by atoms with E-state index in [0.717, 1.165) is 0 Å². The molecule has 0 amide bonds. The van der Waals surface area contributed by atoms with Crippen molar-refractivity contribution in [1.82, 2.24) is 0 Å². The summed E-state index contributed by atoms with van der Waals surface area (Å²) in [6, 6.07) is 12.1. The van der Waals surface area contributed by atoms with Crippen LogP contribution < -0.4 is 0 Å². The zero-order valence-electron chi connectivity index (χ0n) is 14.7. The molecule has 8 nitrogen and oxygen atoms in total. The minimum Gasteiger partial charge on any atom is -0.505 e. The Bertz CT molecular complexity index is 1210. The quantitative estimate of drug-likeness (QED) is 0.329. The molecule has 0 aliphatic heterocycles. The van der Waals surface area contributed by atoms with Crippen molar-refractivity contribution in [3.05, 3.63) is 59.7 Å². The van der Waals surface area contributed by atoms with Crippen molar-refractivity contribution in [3.63, 3.8) is 0 Å². The number of benzene rings is 3. The van der Waals surface area contributed by atoms with Crippen LogP contribution >= 0.6 is 0 Å². The predicted octanol–water partition coefficient (Wildman–Crippen LogP) is 3.83. The van der Waals surface area contributed by atoms with Crippen LogP contribution in [0.2, 0.25) is 0 Å². The van der Waals surface area contributed by atoms with E-state index in [1.807, 2.05) is 0 Å². The van der Waals surface area contributed by atoms with Gasteiger partial charge >= 0.3 is 5.97 Å². The van der Waals surface area contributed by atoms with E-state index in [1.54, 1.807) is 37.3 Å². The number of rotatable bonds is 4.